The van der Waals surface area contributed by atoms with Crippen molar-refractivity contribution in [3.8, 4) is 22.4 Å². The second-order valence-electron chi connectivity index (χ2n) is 9.71. The first kappa shape index (κ1) is 28.6. The number of hydrogen-bond acceptors (Lipinski definition) is 8. The van der Waals surface area contributed by atoms with Gasteiger partial charge in [0, 0.05) is 24.0 Å². The van der Waals surface area contributed by atoms with Crippen molar-refractivity contribution in [2.45, 2.75) is 31.0 Å². The molecule has 0 spiro atoms. The Morgan fingerprint density at radius 2 is 1.61 bits per heavy atom. The molecule has 1 aliphatic heterocycles. The van der Waals surface area contributed by atoms with E-state index in [1.807, 2.05) is 73.8 Å². The van der Waals surface area contributed by atoms with E-state index in [9.17, 15) is 18.0 Å². The van der Waals surface area contributed by atoms with Crippen LogP contribution in [0.15, 0.2) is 89.1 Å². The van der Waals surface area contributed by atoms with Gasteiger partial charge in [-0.3, -0.25) is 10.1 Å². The van der Waals surface area contributed by atoms with Crippen molar-refractivity contribution in [2.75, 3.05) is 25.0 Å². The number of carbonyl (C=O) groups is 2. The Morgan fingerprint density at radius 3 is 2.32 bits per heavy atom. The molecule has 11 heteroatoms. The molecule has 0 bridgehead atoms. The third kappa shape index (κ3) is 6.88. The Morgan fingerprint density at radius 1 is 0.951 bits per heavy atom. The second-order valence-corrected chi connectivity index (χ2v) is 12.5. The van der Waals surface area contributed by atoms with Gasteiger partial charge in [-0.2, -0.15) is 4.31 Å². The third-order valence-corrected chi connectivity index (χ3v) is 9.05. The van der Waals surface area contributed by atoms with Crippen LogP contribution in [0, 0.1) is 0 Å². The minimum atomic E-state index is -3.83. The van der Waals surface area contributed by atoms with E-state index in [-0.39, 0.29) is 35.8 Å². The van der Waals surface area contributed by atoms with Crippen molar-refractivity contribution < 1.29 is 27.5 Å². The van der Waals surface area contributed by atoms with Crippen LogP contribution in [0.2, 0.25) is 0 Å². The Bertz CT molecular complexity index is 1630. The number of ether oxygens (including phenoxy) is 2. The molecule has 0 radical (unpaired) electrons. The number of rotatable bonds is 8. The molecule has 1 saturated heterocycles. The molecule has 1 N–H and O–H groups in total. The fourth-order valence-corrected chi connectivity index (χ4v) is 6.93. The van der Waals surface area contributed by atoms with Gasteiger partial charge in [-0.15, -0.1) is 11.3 Å². The smallest absolute Gasteiger partial charge is 0.338 e. The number of esters is 1. The average molecular weight is 592 g/mol. The van der Waals surface area contributed by atoms with Crippen LogP contribution in [0.4, 0.5) is 5.13 Å². The molecule has 3 aromatic carbocycles. The first-order valence-electron chi connectivity index (χ1n) is 13.0. The lowest BCUT2D eigenvalue weighted by Gasteiger charge is -2.34. The normalized spacial score (nSPS) is 17.6. The van der Waals surface area contributed by atoms with Gasteiger partial charge >= 0.3 is 5.97 Å². The van der Waals surface area contributed by atoms with Crippen LogP contribution in [0.5, 0.6) is 0 Å². The third-order valence-electron chi connectivity index (χ3n) is 6.47. The molecule has 2 atom stereocenters. The zero-order chi connectivity index (χ0) is 29.0. The van der Waals surface area contributed by atoms with Crippen molar-refractivity contribution in [2.24, 2.45) is 0 Å². The molecule has 4 aromatic rings. The molecule has 5 rings (SSSR count). The van der Waals surface area contributed by atoms with Crippen LogP contribution in [-0.2, 0) is 24.3 Å². The number of morpholine rings is 1. The SMILES string of the molecule is CC1CN(S(=O)(=O)c2cccc(C(=O)OCC(=O)Nc3nc(-c4ccc(-c5ccccc5)cc4)cs3)c2)CC(C)O1. The number of anilines is 1. The first-order valence-corrected chi connectivity index (χ1v) is 15.3. The number of carbonyl (C=O) groups excluding carboxylic acids is 2. The van der Waals surface area contributed by atoms with Gasteiger partial charge in [0.2, 0.25) is 10.0 Å². The van der Waals surface area contributed by atoms with Gasteiger partial charge in [0.15, 0.2) is 11.7 Å². The molecule has 2 heterocycles. The fourth-order valence-electron chi connectivity index (χ4n) is 4.56. The average Bonchev–Trinajstić information content (AvgIpc) is 3.44. The molecule has 212 valence electrons. The highest BCUT2D eigenvalue weighted by molar-refractivity contribution is 7.89. The molecular formula is C30H29N3O6S2. The number of aromatic nitrogens is 1. The number of nitrogens with zero attached hydrogens (tertiary/aromatic N) is 2. The molecule has 1 aromatic heterocycles. The summed E-state index contributed by atoms with van der Waals surface area (Å²) in [4.78, 5) is 29.5. The van der Waals surface area contributed by atoms with Gasteiger partial charge in [-0.1, -0.05) is 60.7 Å². The first-order chi connectivity index (χ1) is 19.7. The molecule has 1 fully saturated rings. The molecule has 0 saturated carbocycles. The van der Waals surface area contributed by atoms with E-state index in [4.69, 9.17) is 9.47 Å². The highest BCUT2D eigenvalue weighted by atomic mass is 32.2. The van der Waals surface area contributed by atoms with Gasteiger partial charge in [0.05, 0.1) is 28.4 Å². The number of nitrogens with one attached hydrogen (secondary N) is 1. The summed E-state index contributed by atoms with van der Waals surface area (Å²) in [5, 5.41) is 4.84. The maximum absolute atomic E-state index is 13.2. The fraction of sp³-hybridized carbons (Fsp3) is 0.233. The summed E-state index contributed by atoms with van der Waals surface area (Å²) in [5.41, 5.74) is 3.86. The zero-order valence-corrected chi connectivity index (χ0v) is 24.2. The lowest BCUT2D eigenvalue weighted by atomic mass is 10.0. The van der Waals surface area contributed by atoms with E-state index in [0.29, 0.717) is 10.8 Å². The Hall–Kier alpha value is -3.90. The summed E-state index contributed by atoms with van der Waals surface area (Å²) >= 11 is 1.26. The van der Waals surface area contributed by atoms with Crippen molar-refractivity contribution in [1.82, 2.24) is 9.29 Å². The molecule has 1 amide bonds. The van der Waals surface area contributed by atoms with Crippen LogP contribution in [0.3, 0.4) is 0 Å². The van der Waals surface area contributed by atoms with E-state index >= 15 is 0 Å². The number of thiazole rings is 1. The minimum absolute atomic E-state index is 0.0233. The van der Waals surface area contributed by atoms with Crippen LogP contribution >= 0.6 is 11.3 Å². The summed E-state index contributed by atoms with van der Waals surface area (Å²) in [7, 11) is -3.83. The van der Waals surface area contributed by atoms with Gasteiger partial charge < -0.3 is 9.47 Å². The minimum Gasteiger partial charge on any atom is -0.452 e. The molecule has 0 aliphatic carbocycles. The van der Waals surface area contributed by atoms with Crippen LogP contribution in [-0.4, -0.2) is 61.5 Å². The second kappa shape index (κ2) is 12.3. The summed E-state index contributed by atoms with van der Waals surface area (Å²) in [6.07, 6.45) is -0.483. The molecular weight excluding hydrogens is 562 g/mol. The van der Waals surface area contributed by atoms with Crippen molar-refractivity contribution in [3.05, 3.63) is 89.8 Å². The topological polar surface area (TPSA) is 115 Å². The summed E-state index contributed by atoms with van der Waals surface area (Å²) in [6.45, 7) is 3.52. The predicted molar refractivity (Wildman–Crippen MR) is 157 cm³/mol. The van der Waals surface area contributed by atoms with Crippen LogP contribution in [0.1, 0.15) is 24.2 Å². The number of sulfonamides is 1. The van der Waals surface area contributed by atoms with Crippen LogP contribution < -0.4 is 5.32 Å². The maximum atomic E-state index is 13.2. The van der Waals surface area contributed by atoms with Crippen molar-refractivity contribution in [1.29, 1.82) is 0 Å². The van der Waals surface area contributed by atoms with Gasteiger partial charge in [-0.05, 0) is 43.2 Å². The maximum Gasteiger partial charge on any atom is 0.338 e. The van der Waals surface area contributed by atoms with E-state index < -0.39 is 28.5 Å². The standard InChI is InChI=1S/C30H29N3O6S2/c1-20-16-33(17-21(2)39-20)41(36,37)26-10-6-9-25(15-26)29(35)38-18-28(34)32-30-31-27(19-40-30)24-13-11-23(12-14-24)22-7-4-3-5-8-22/h3-15,19-21H,16-18H2,1-2H3,(H,31,32,34). The Labute approximate surface area is 242 Å². The summed E-state index contributed by atoms with van der Waals surface area (Å²) < 4.78 is 38.4. The summed E-state index contributed by atoms with van der Waals surface area (Å²) in [6, 6.07) is 23.6. The van der Waals surface area contributed by atoms with Gasteiger partial charge in [0.1, 0.15) is 0 Å². The molecule has 2 unspecified atom stereocenters. The quantitative estimate of drug-likeness (QED) is 0.285. The zero-order valence-electron chi connectivity index (χ0n) is 22.5. The largest absolute Gasteiger partial charge is 0.452 e. The number of benzene rings is 3. The van der Waals surface area contributed by atoms with E-state index in [1.165, 1.54) is 39.9 Å². The van der Waals surface area contributed by atoms with Gasteiger partial charge in [-0.25, -0.2) is 18.2 Å². The molecule has 41 heavy (non-hydrogen) atoms. The Kier molecular flexibility index (Phi) is 8.60. The Balaban J connectivity index is 1.17. The lowest BCUT2D eigenvalue weighted by Crippen LogP contribution is -2.48. The summed E-state index contributed by atoms with van der Waals surface area (Å²) in [5.74, 6) is -1.36. The van der Waals surface area contributed by atoms with Crippen molar-refractivity contribution >= 4 is 38.4 Å². The van der Waals surface area contributed by atoms with E-state index in [0.717, 1.165) is 16.7 Å². The highest BCUT2D eigenvalue weighted by Crippen LogP contribution is 2.28. The van der Waals surface area contributed by atoms with E-state index in [2.05, 4.69) is 10.3 Å². The lowest BCUT2D eigenvalue weighted by molar-refractivity contribution is -0.119. The molecule has 1 aliphatic rings. The van der Waals surface area contributed by atoms with Gasteiger partial charge in [0.25, 0.3) is 5.91 Å². The number of amides is 1. The predicted octanol–water partition coefficient (Wildman–Crippen LogP) is 5.07. The monoisotopic (exact) mass is 591 g/mol. The van der Waals surface area contributed by atoms with Crippen LogP contribution in [0.25, 0.3) is 22.4 Å². The number of hydrogen-bond donors (Lipinski definition) is 1. The van der Waals surface area contributed by atoms with E-state index in [1.54, 1.807) is 0 Å². The molecule has 9 nitrogen and oxygen atoms in total. The highest BCUT2D eigenvalue weighted by Gasteiger charge is 2.32. The van der Waals surface area contributed by atoms with Crippen molar-refractivity contribution in [3.63, 3.8) is 0 Å².